The molecule has 9 heteroatoms. The molecule has 1 atom stereocenters. The van der Waals surface area contributed by atoms with Crippen LogP contribution in [0.15, 0.2) is 23.1 Å². The number of primary amides is 2. The first kappa shape index (κ1) is 14.3. The molecule has 0 bridgehead atoms. The summed E-state index contributed by atoms with van der Waals surface area (Å²) in [5.41, 5.74) is 11.5. The van der Waals surface area contributed by atoms with Gasteiger partial charge in [0, 0.05) is 6.54 Å². The first-order valence-corrected chi connectivity index (χ1v) is 7.18. The molecule has 1 unspecified atom stereocenters. The lowest BCUT2D eigenvalue weighted by atomic mass is 10.0. The van der Waals surface area contributed by atoms with Crippen LogP contribution in [-0.4, -0.2) is 32.3 Å². The molecule has 0 saturated carbocycles. The van der Waals surface area contributed by atoms with Crippen molar-refractivity contribution in [3.8, 4) is 0 Å². The fourth-order valence-electron chi connectivity index (χ4n) is 2.23. The highest BCUT2D eigenvalue weighted by Gasteiger charge is 2.37. The third-order valence-corrected chi connectivity index (χ3v) is 4.60. The maximum absolute atomic E-state index is 11.7. The van der Waals surface area contributed by atoms with Crippen molar-refractivity contribution in [2.45, 2.75) is 17.5 Å². The molecule has 0 spiro atoms. The molecule has 0 aromatic heterocycles. The number of sulfonamides is 1. The molecule has 1 aromatic carbocycles. The first-order chi connectivity index (χ1) is 9.27. The van der Waals surface area contributed by atoms with Crippen LogP contribution >= 0.6 is 0 Å². The van der Waals surface area contributed by atoms with Gasteiger partial charge in [0.05, 0.1) is 4.90 Å². The Morgan fingerprint density at radius 3 is 2.50 bits per heavy atom. The number of hydrogen-bond acceptors (Lipinski definition) is 4. The number of urea groups is 1. The number of nitrogens with zero attached hydrogens (tertiary/aromatic N) is 1. The lowest BCUT2D eigenvalue weighted by molar-refractivity contribution is -0.122. The Bertz CT molecular complexity index is 686. The summed E-state index contributed by atoms with van der Waals surface area (Å²) in [5.74, 6) is -0.716. The van der Waals surface area contributed by atoms with Gasteiger partial charge < -0.3 is 16.4 Å². The van der Waals surface area contributed by atoms with E-state index in [1.54, 1.807) is 0 Å². The highest BCUT2D eigenvalue weighted by atomic mass is 32.2. The van der Waals surface area contributed by atoms with Crippen molar-refractivity contribution < 1.29 is 18.0 Å². The molecule has 1 aromatic rings. The van der Waals surface area contributed by atoms with Crippen LogP contribution in [0.25, 0.3) is 0 Å². The van der Waals surface area contributed by atoms with Gasteiger partial charge in [0.15, 0.2) is 0 Å². The lowest BCUT2D eigenvalue weighted by Gasteiger charge is -2.19. The van der Waals surface area contributed by atoms with Crippen LogP contribution in [-0.2, 0) is 21.4 Å². The molecule has 20 heavy (non-hydrogen) atoms. The highest BCUT2D eigenvalue weighted by molar-refractivity contribution is 7.89. The number of fused-ring (bicyclic) bond motifs is 1. The summed E-state index contributed by atoms with van der Waals surface area (Å²) in [5, 5.41) is 0. The summed E-state index contributed by atoms with van der Waals surface area (Å²) >= 11 is 0. The van der Waals surface area contributed by atoms with Gasteiger partial charge in [0.25, 0.3) is 0 Å². The smallest absolute Gasteiger partial charge is 0.316 e. The van der Waals surface area contributed by atoms with Crippen LogP contribution in [0.2, 0.25) is 0 Å². The zero-order chi connectivity index (χ0) is 15.1. The van der Waals surface area contributed by atoms with Crippen molar-refractivity contribution in [3.05, 3.63) is 29.3 Å². The standard InChI is InChI=1S/C11H14N4O4S/c1-14-20(18,19)7-2-3-8-6(4-7)5-15(11(13)17)9(8)10(12)16/h2-4,9,14H,5H2,1H3,(H2,12,16)(H2,13,17). The second-order valence-electron chi connectivity index (χ2n) is 4.34. The summed E-state index contributed by atoms with van der Waals surface area (Å²) in [6, 6.07) is 2.47. The number of rotatable bonds is 3. The monoisotopic (exact) mass is 298 g/mol. The van der Waals surface area contributed by atoms with Gasteiger partial charge in [-0.15, -0.1) is 0 Å². The predicted molar refractivity (Wildman–Crippen MR) is 69.7 cm³/mol. The average Bonchev–Trinajstić information content (AvgIpc) is 2.77. The van der Waals surface area contributed by atoms with Gasteiger partial charge in [-0.05, 0) is 30.3 Å². The number of nitrogens with one attached hydrogen (secondary N) is 1. The summed E-state index contributed by atoms with van der Waals surface area (Å²) in [6.07, 6.45) is 0. The van der Waals surface area contributed by atoms with Gasteiger partial charge in [-0.2, -0.15) is 0 Å². The van der Waals surface area contributed by atoms with Crippen molar-refractivity contribution >= 4 is 22.0 Å². The molecular weight excluding hydrogens is 284 g/mol. The van der Waals surface area contributed by atoms with E-state index in [1.807, 2.05) is 0 Å². The Morgan fingerprint density at radius 1 is 1.35 bits per heavy atom. The second kappa shape index (κ2) is 4.76. The van der Waals surface area contributed by atoms with Gasteiger partial charge in [0.2, 0.25) is 15.9 Å². The fourth-order valence-corrected chi connectivity index (χ4v) is 3.01. The second-order valence-corrected chi connectivity index (χ2v) is 6.23. The number of amides is 3. The van der Waals surface area contributed by atoms with Crippen molar-refractivity contribution in [2.24, 2.45) is 11.5 Å². The molecule has 1 aliphatic rings. The number of carbonyl (C=O) groups excluding carboxylic acids is 2. The molecule has 2 rings (SSSR count). The van der Waals surface area contributed by atoms with E-state index in [2.05, 4.69) is 4.72 Å². The van der Waals surface area contributed by atoms with E-state index >= 15 is 0 Å². The summed E-state index contributed by atoms with van der Waals surface area (Å²) in [4.78, 5) is 23.9. The summed E-state index contributed by atoms with van der Waals surface area (Å²) in [7, 11) is -2.30. The van der Waals surface area contributed by atoms with E-state index in [0.29, 0.717) is 11.1 Å². The topological polar surface area (TPSA) is 136 Å². The van der Waals surface area contributed by atoms with Crippen LogP contribution < -0.4 is 16.2 Å². The third kappa shape index (κ3) is 2.21. The van der Waals surface area contributed by atoms with E-state index in [9.17, 15) is 18.0 Å². The van der Waals surface area contributed by atoms with Crippen molar-refractivity contribution in [2.75, 3.05) is 7.05 Å². The van der Waals surface area contributed by atoms with E-state index in [0.717, 1.165) is 4.90 Å². The Labute approximate surface area is 115 Å². The van der Waals surface area contributed by atoms with Crippen molar-refractivity contribution in [3.63, 3.8) is 0 Å². The van der Waals surface area contributed by atoms with Crippen LogP contribution in [0.4, 0.5) is 4.79 Å². The molecule has 108 valence electrons. The fraction of sp³-hybridized carbons (Fsp3) is 0.273. The molecule has 0 fully saturated rings. The quantitative estimate of drug-likeness (QED) is 0.660. The molecule has 0 saturated heterocycles. The maximum Gasteiger partial charge on any atom is 0.316 e. The van der Waals surface area contributed by atoms with Crippen LogP contribution in [0.3, 0.4) is 0 Å². The predicted octanol–water partition coefficient (Wildman–Crippen LogP) is -0.985. The summed E-state index contributed by atoms with van der Waals surface area (Å²) in [6.45, 7) is 0.0470. The van der Waals surface area contributed by atoms with Gasteiger partial charge in [-0.25, -0.2) is 17.9 Å². The van der Waals surface area contributed by atoms with Crippen LogP contribution in [0, 0.1) is 0 Å². The molecule has 8 nitrogen and oxygen atoms in total. The maximum atomic E-state index is 11.7. The average molecular weight is 298 g/mol. The SMILES string of the molecule is CNS(=O)(=O)c1ccc2c(c1)CN(C(N)=O)C2C(N)=O. The summed E-state index contributed by atoms with van der Waals surface area (Å²) < 4.78 is 25.6. The minimum Gasteiger partial charge on any atom is -0.368 e. The third-order valence-electron chi connectivity index (χ3n) is 3.19. The number of nitrogens with two attached hydrogens (primary N) is 2. The van der Waals surface area contributed by atoms with Crippen molar-refractivity contribution in [1.82, 2.24) is 9.62 Å². The van der Waals surface area contributed by atoms with E-state index in [1.165, 1.54) is 25.2 Å². The lowest BCUT2D eigenvalue weighted by Crippen LogP contribution is -2.40. The minimum absolute atomic E-state index is 0.0470. The van der Waals surface area contributed by atoms with Crippen LogP contribution in [0.5, 0.6) is 0 Å². The van der Waals surface area contributed by atoms with E-state index in [-0.39, 0.29) is 11.4 Å². The number of benzene rings is 1. The van der Waals surface area contributed by atoms with Gasteiger partial charge >= 0.3 is 6.03 Å². The Hall–Kier alpha value is -2.13. The van der Waals surface area contributed by atoms with E-state index < -0.39 is 28.0 Å². The largest absolute Gasteiger partial charge is 0.368 e. The normalized spacial score (nSPS) is 17.9. The van der Waals surface area contributed by atoms with Crippen molar-refractivity contribution in [1.29, 1.82) is 0 Å². The Balaban J connectivity index is 2.52. The molecule has 1 heterocycles. The van der Waals surface area contributed by atoms with Gasteiger partial charge in [0.1, 0.15) is 6.04 Å². The number of carbonyl (C=O) groups is 2. The van der Waals surface area contributed by atoms with Gasteiger partial charge in [-0.1, -0.05) is 6.07 Å². The Morgan fingerprint density at radius 2 is 2.00 bits per heavy atom. The molecule has 0 radical (unpaired) electrons. The molecular formula is C11H14N4O4S. The minimum atomic E-state index is -3.60. The molecule has 5 N–H and O–H groups in total. The molecule has 1 aliphatic heterocycles. The zero-order valence-corrected chi connectivity index (χ0v) is 11.5. The van der Waals surface area contributed by atoms with Gasteiger partial charge in [-0.3, -0.25) is 4.79 Å². The highest BCUT2D eigenvalue weighted by Crippen LogP contribution is 2.34. The zero-order valence-electron chi connectivity index (χ0n) is 10.7. The number of hydrogen-bond donors (Lipinski definition) is 3. The first-order valence-electron chi connectivity index (χ1n) is 5.69. The van der Waals surface area contributed by atoms with Crippen LogP contribution in [0.1, 0.15) is 17.2 Å². The Kier molecular flexibility index (Phi) is 3.40. The molecule has 0 aliphatic carbocycles. The molecule has 3 amide bonds. The van der Waals surface area contributed by atoms with E-state index in [4.69, 9.17) is 11.5 Å².